The molecule has 2 amide bonds. The van der Waals surface area contributed by atoms with Gasteiger partial charge in [-0.3, -0.25) is 4.57 Å². The summed E-state index contributed by atoms with van der Waals surface area (Å²) >= 11 is 1.34. The van der Waals surface area contributed by atoms with Crippen LogP contribution in [0.15, 0.2) is 83.4 Å². The molecule has 46 heavy (non-hydrogen) atoms. The van der Waals surface area contributed by atoms with Gasteiger partial charge in [-0.15, -0.1) is 29.6 Å². The van der Waals surface area contributed by atoms with Crippen molar-refractivity contribution < 1.29 is 27.1 Å². The van der Waals surface area contributed by atoms with Crippen molar-refractivity contribution in [2.75, 3.05) is 0 Å². The number of nitrogens with one attached hydrogen (secondary N) is 1. The van der Waals surface area contributed by atoms with E-state index in [4.69, 9.17) is 0 Å². The molecule has 0 aliphatic rings. The van der Waals surface area contributed by atoms with Crippen LogP contribution in [0.5, 0.6) is 5.75 Å². The van der Waals surface area contributed by atoms with Crippen LogP contribution in [0.3, 0.4) is 0 Å². The van der Waals surface area contributed by atoms with Crippen molar-refractivity contribution in [2.45, 2.75) is 59.1 Å². The zero-order valence-corrected chi connectivity index (χ0v) is 26.5. The van der Waals surface area contributed by atoms with Crippen molar-refractivity contribution >= 4 is 17.4 Å². The van der Waals surface area contributed by atoms with Crippen LogP contribution in [0, 0.1) is 13.8 Å². The first-order valence-corrected chi connectivity index (χ1v) is 15.3. The van der Waals surface area contributed by atoms with Crippen LogP contribution in [0.4, 0.5) is 22.4 Å². The Hall–Kier alpha value is -4.78. The lowest BCUT2D eigenvalue weighted by Crippen LogP contribution is -2.35. The van der Waals surface area contributed by atoms with Gasteiger partial charge in [-0.25, -0.2) is 18.9 Å². The molecule has 0 radical (unpaired) electrons. The highest BCUT2D eigenvalue weighted by atomic mass is 32.1. The van der Waals surface area contributed by atoms with Crippen LogP contribution in [-0.2, 0) is 0 Å². The molecule has 240 valence electrons. The molecule has 3 aromatic carbocycles. The van der Waals surface area contributed by atoms with E-state index in [0.29, 0.717) is 27.4 Å². The summed E-state index contributed by atoms with van der Waals surface area (Å²) in [6.45, 7) is 9.77. The third-order valence-corrected chi connectivity index (χ3v) is 8.17. The first-order valence-electron chi connectivity index (χ1n) is 14.4. The summed E-state index contributed by atoms with van der Waals surface area (Å²) in [7, 11) is 0. The number of carbonyl (C=O) groups is 1. The van der Waals surface area contributed by atoms with E-state index in [1.165, 1.54) is 46.6 Å². The lowest BCUT2D eigenvalue weighted by molar-refractivity contribution is -0.274. The molecule has 0 saturated carbocycles. The monoisotopic (exact) mass is 652 g/mol. The van der Waals surface area contributed by atoms with Gasteiger partial charge < -0.3 is 10.1 Å². The summed E-state index contributed by atoms with van der Waals surface area (Å²) in [5.74, 6) is 0.253. The highest BCUT2D eigenvalue weighted by Gasteiger charge is 2.31. The third kappa shape index (κ3) is 7.53. The Morgan fingerprint density at radius 2 is 1.70 bits per heavy atom. The van der Waals surface area contributed by atoms with Crippen LogP contribution in [0.25, 0.3) is 22.8 Å². The minimum absolute atomic E-state index is 0.261. The number of halogens is 4. The van der Waals surface area contributed by atoms with Gasteiger partial charge in [-0.05, 0) is 73.7 Å². The second kappa shape index (κ2) is 13.3. The molecule has 13 heteroatoms. The number of benzene rings is 3. The fourth-order valence-electron chi connectivity index (χ4n) is 4.91. The van der Waals surface area contributed by atoms with E-state index in [2.05, 4.69) is 57.2 Å². The van der Waals surface area contributed by atoms with Crippen molar-refractivity contribution in [1.29, 1.82) is 0 Å². The molecule has 0 fully saturated rings. The summed E-state index contributed by atoms with van der Waals surface area (Å²) < 4.78 is 60.0. The van der Waals surface area contributed by atoms with Gasteiger partial charge in [0, 0.05) is 16.6 Å². The molecule has 2 aromatic heterocycles. The number of urea groups is 1. The average Bonchev–Trinajstić information content (AvgIpc) is 3.63. The summed E-state index contributed by atoms with van der Waals surface area (Å²) in [5, 5.41) is 8.97. The Balaban J connectivity index is 1.27. The maximum atomic E-state index is 15.5. The van der Waals surface area contributed by atoms with E-state index >= 15 is 4.39 Å². The molecule has 2 unspecified atom stereocenters. The van der Waals surface area contributed by atoms with E-state index in [-0.39, 0.29) is 11.7 Å². The fourth-order valence-corrected chi connectivity index (χ4v) is 5.78. The number of hydrogen-bond acceptors (Lipinski definition) is 5. The number of rotatable bonds is 8. The van der Waals surface area contributed by atoms with Gasteiger partial charge in [0.15, 0.2) is 10.6 Å². The number of ether oxygens (including phenoxy) is 1. The summed E-state index contributed by atoms with van der Waals surface area (Å²) in [4.78, 5) is 22.0. The minimum atomic E-state index is -4.78. The number of carbonyl (C=O) groups excluding carboxylic acids is 1. The van der Waals surface area contributed by atoms with Crippen LogP contribution in [0.2, 0.25) is 0 Å². The van der Waals surface area contributed by atoms with Gasteiger partial charge in [-0.1, -0.05) is 50.2 Å². The van der Waals surface area contributed by atoms with Crippen LogP contribution < -0.4 is 14.9 Å². The second-order valence-electron chi connectivity index (χ2n) is 11.1. The minimum Gasteiger partial charge on any atom is -0.406 e. The average molecular weight is 653 g/mol. The zero-order chi connectivity index (χ0) is 33.2. The Morgan fingerprint density at radius 1 is 1.00 bits per heavy atom. The summed E-state index contributed by atoms with van der Waals surface area (Å²) in [6, 6.07) is 16.4. The quantitative estimate of drug-likeness (QED) is 0.172. The number of thiazole rings is 1. The van der Waals surface area contributed by atoms with Crippen LogP contribution >= 0.6 is 11.3 Å². The first-order chi connectivity index (χ1) is 21.8. The summed E-state index contributed by atoms with van der Waals surface area (Å²) in [6.07, 6.45) is -4.88. The highest BCUT2D eigenvalue weighted by Crippen LogP contribution is 2.27. The standard InChI is InChI=1S/C33H32F4N6O2S/c1-19(2)27-15-6-20(3)16-28(27)43-21(4)17-46-32(43)40-31(44)39-22(5)29(34)23-7-9-24(10-8-23)30-38-18-42(41-30)25-11-13-26(14-12-25)45-33(35,36)37/h6-19,22,29H,1-5H3,(H,39,44). The number of nitrogens with zero attached hydrogens (tertiary/aromatic N) is 5. The second-order valence-corrected chi connectivity index (χ2v) is 12.0. The van der Waals surface area contributed by atoms with Crippen molar-refractivity contribution in [2.24, 2.45) is 4.99 Å². The Morgan fingerprint density at radius 3 is 2.35 bits per heavy atom. The number of alkyl halides is 4. The number of amides is 2. The molecule has 0 bridgehead atoms. The van der Waals surface area contributed by atoms with E-state index in [9.17, 15) is 18.0 Å². The molecule has 0 aliphatic heterocycles. The van der Waals surface area contributed by atoms with Gasteiger partial charge in [0.05, 0.1) is 17.4 Å². The van der Waals surface area contributed by atoms with E-state index in [1.54, 1.807) is 31.2 Å². The zero-order valence-electron chi connectivity index (χ0n) is 25.7. The van der Waals surface area contributed by atoms with Gasteiger partial charge in [0.1, 0.15) is 18.2 Å². The molecule has 0 saturated heterocycles. The molecule has 5 rings (SSSR count). The number of aryl methyl sites for hydroxylation is 2. The molecule has 8 nitrogen and oxygen atoms in total. The fraction of sp³-hybridized carbons (Fsp3) is 0.273. The van der Waals surface area contributed by atoms with Crippen molar-refractivity contribution in [3.05, 3.63) is 106 Å². The Labute approximate surface area is 267 Å². The Bertz CT molecular complexity index is 1890. The third-order valence-electron chi connectivity index (χ3n) is 7.23. The van der Waals surface area contributed by atoms with Crippen molar-refractivity contribution in [3.63, 3.8) is 0 Å². The molecular formula is C33H32F4N6O2S. The Kier molecular flexibility index (Phi) is 9.42. The van der Waals surface area contributed by atoms with Gasteiger partial charge in [0.2, 0.25) is 0 Å². The van der Waals surface area contributed by atoms with Crippen LogP contribution in [0.1, 0.15) is 55.2 Å². The predicted molar refractivity (Wildman–Crippen MR) is 168 cm³/mol. The van der Waals surface area contributed by atoms with E-state index in [1.807, 2.05) is 23.8 Å². The summed E-state index contributed by atoms with van der Waals surface area (Å²) in [5.41, 5.74) is 5.55. The van der Waals surface area contributed by atoms with E-state index in [0.717, 1.165) is 22.5 Å². The van der Waals surface area contributed by atoms with Crippen molar-refractivity contribution in [1.82, 2.24) is 24.6 Å². The smallest absolute Gasteiger partial charge is 0.406 e. The molecule has 1 N–H and O–H groups in total. The topological polar surface area (TPSA) is 86.3 Å². The maximum Gasteiger partial charge on any atom is 0.573 e. The first kappa shape index (κ1) is 32.6. The molecule has 0 aliphatic carbocycles. The number of hydrogen-bond donors (Lipinski definition) is 1. The number of aromatic nitrogens is 4. The van der Waals surface area contributed by atoms with Gasteiger partial charge in [0.25, 0.3) is 0 Å². The van der Waals surface area contributed by atoms with Crippen molar-refractivity contribution in [3.8, 4) is 28.5 Å². The molecule has 5 aromatic rings. The maximum absolute atomic E-state index is 15.5. The molecule has 2 atom stereocenters. The van der Waals surface area contributed by atoms with Gasteiger partial charge >= 0.3 is 12.4 Å². The normalized spacial score (nSPS) is 13.6. The van der Waals surface area contributed by atoms with E-state index < -0.39 is 24.6 Å². The highest BCUT2D eigenvalue weighted by molar-refractivity contribution is 7.07. The molecular weight excluding hydrogens is 620 g/mol. The lowest BCUT2D eigenvalue weighted by atomic mass is 9.99. The van der Waals surface area contributed by atoms with Gasteiger partial charge in [-0.2, -0.15) is 4.99 Å². The predicted octanol–water partition coefficient (Wildman–Crippen LogP) is 8.13. The molecule has 0 spiro atoms. The SMILES string of the molecule is Cc1ccc(C(C)C)c(-n2c(C)csc2=NC(=O)NC(C)C(F)c2ccc(-c3ncn(-c4ccc(OC(F)(F)F)cc4)n3)cc2)c1. The van der Waals surface area contributed by atoms with Crippen LogP contribution in [-0.4, -0.2) is 37.8 Å². The molecule has 2 heterocycles. The largest absolute Gasteiger partial charge is 0.573 e. The lowest BCUT2D eigenvalue weighted by Gasteiger charge is -2.18.